The highest BCUT2D eigenvalue weighted by Crippen LogP contribution is 2.05. The monoisotopic (exact) mass is 288 g/mol. The molecule has 0 radical (unpaired) electrons. The minimum Gasteiger partial charge on any atom is -0.392 e. The first-order valence-electron chi connectivity index (χ1n) is 6.35. The number of aliphatic hydroxyl groups excluding tert-OH is 1. The van der Waals surface area contributed by atoms with E-state index in [1.807, 2.05) is 24.3 Å². The van der Waals surface area contributed by atoms with Crippen molar-refractivity contribution in [2.75, 3.05) is 6.54 Å². The van der Waals surface area contributed by atoms with E-state index in [1.165, 1.54) is 0 Å². The van der Waals surface area contributed by atoms with Crippen LogP contribution in [0, 0.1) is 4.64 Å². The number of carbonyl (C=O) groups is 1. The number of carbonyl (C=O) groups excluding carboxylic acids is 1. The van der Waals surface area contributed by atoms with Gasteiger partial charge in [-0.3, -0.25) is 4.79 Å². The van der Waals surface area contributed by atoms with Crippen molar-refractivity contribution < 1.29 is 9.90 Å². The van der Waals surface area contributed by atoms with Crippen LogP contribution in [-0.4, -0.2) is 22.5 Å². The van der Waals surface area contributed by atoms with Crippen molar-refractivity contribution in [1.29, 1.82) is 0 Å². The molecule has 2 aromatic rings. The number of amides is 1. The van der Waals surface area contributed by atoms with E-state index in [4.69, 9.17) is 17.3 Å². The number of hydrogen-bond donors (Lipinski definition) is 3. The molecule has 0 aliphatic rings. The van der Waals surface area contributed by atoms with Gasteiger partial charge in [-0.25, -0.2) is 0 Å². The van der Waals surface area contributed by atoms with Gasteiger partial charge < -0.3 is 15.4 Å². The maximum Gasteiger partial charge on any atom is 0.254 e. The number of aliphatic hydroxyl groups is 1. The summed E-state index contributed by atoms with van der Waals surface area (Å²) >= 11 is 5.06. The summed E-state index contributed by atoms with van der Waals surface area (Å²) in [5.41, 5.74) is 2.48. The second-order valence-electron chi connectivity index (χ2n) is 4.39. The molecule has 1 aromatic heterocycles. The predicted octanol–water partition coefficient (Wildman–Crippen LogP) is 2.21. The molecular weight excluding hydrogens is 272 g/mol. The van der Waals surface area contributed by atoms with Crippen LogP contribution in [0.1, 0.15) is 21.5 Å². The van der Waals surface area contributed by atoms with Crippen molar-refractivity contribution >= 4 is 18.1 Å². The van der Waals surface area contributed by atoms with E-state index in [1.54, 1.807) is 18.3 Å². The molecule has 0 spiro atoms. The summed E-state index contributed by atoms with van der Waals surface area (Å²) in [6.45, 7) is 0.587. The molecule has 3 N–H and O–H groups in total. The van der Waals surface area contributed by atoms with Crippen LogP contribution in [0.3, 0.4) is 0 Å². The number of rotatable bonds is 5. The summed E-state index contributed by atoms with van der Waals surface area (Å²) in [5, 5.41) is 11.8. The zero-order valence-corrected chi connectivity index (χ0v) is 11.7. The third kappa shape index (κ3) is 3.76. The summed E-state index contributed by atoms with van der Waals surface area (Å²) in [4.78, 5) is 14.8. The SMILES string of the molecule is O=C(NCCc1ccc(CO)cc1)c1ccc[nH]c1=S. The third-order valence-corrected chi connectivity index (χ3v) is 3.31. The van der Waals surface area contributed by atoms with Crippen molar-refractivity contribution in [3.05, 3.63) is 63.9 Å². The normalized spacial score (nSPS) is 10.2. The van der Waals surface area contributed by atoms with Crippen LogP contribution >= 0.6 is 12.2 Å². The Labute approximate surface area is 122 Å². The maximum absolute atomic E-state index is 11.9. The minimum atomic E-state index is -0.168. The quantitative estimate of drug-likeness (QED) is 0.739. The zero-order chi connectivity index (χ0) is 14.4. The van der Waals surface area contributed by atoms with E-state index in [2.05, 4.69) is 10.3 Å². The first-order valence-corrected chi connectivity index (χ1v) is 6.76. The number of benzene rings is 1. The van der Waals surface area contributed by atoms with Crippen LogP contribution in [0.15, 0.2) is 42.6 Å². The average molecular weight is 288 g/mol. The molecule has 5 heteroatoms. The molecule has 0 bridgehead atoms. The maximum atomic E-state index is 11.9. The second kappa shape index (κ2) is 6.98. The summed E-state index contributed by atoms with van der Waals surface area (Å²) < 4.78 is 0.442. The van der Waals surface area contributed by atoms with E-state index >= 15 is 0 Å². The fraction of sp³-hybridized carbons (Fsp3) is 0.200. The molecule has 1 amide bonds. The summed E-state index contributed by atoms with van der Waals surface area (Å²) in [6, 6.07) is 11.1. The van der Waals surface area contributed by atoms with E-state index in [0.717, 1.165) is 17.5 Å². The van der Waals surface area contributed by atoms with E-state index in [9.17, 15) is 4.79 Å². The average Bonchev–Trinajstić information content (AvgIpc) is 2.48. The molecular formula is C15H16N2O2S. The summed E-state index contributed by atoms with van der Waals surface area (Å²) in [6.07, 6.45) is 2.43. The Hall–Kier alpha value is -1.98. The lowest BCUT2D eigenvalue weighted by Crippen LogP contribution is -2.26. The second-order valence-corrected chi connectivity index (χ2v) is 4.80. The van der Waals surface area contributed by atoms with E-state index < -0.39 is 0 Å². The molecule has 0 aliphatic carbocycles. The van der Waals surface area contributed by atoms with Gasteiger partial charge >= 0.3 is 0 Å². The summed E-state index contributed by atoms with van der Waals surface area (Å²) in [7, 11) is 0. The molecule has 0 aliphatic heterocycles. The highest BCUT2D eigenvalue weighted by atomic mass is 32.1. The first kappa shape index (κ1) is 14.4. The van der Waals surface area contributed by atoms with E-state index in [0.29, 0.717) is 16.7 Å². The standard InChI is InChI=1S/C15H16N2O2S/c18-10-12-5-3-11(4-6-12)7-9-16-14(19)13-2-1-8-17-15(13)20/h1-6,8,18H,7,9-10H2,(H,16,19)(H,17,20). The molecule has 0 atom stereocenters. The minimum absolute atomic E-state index is 0.0448. The smallest absolute Gasteiger partial charge is 0.254 e. The number of nitrogens with one attached hydrogen (secondary N) is 2. The molecule has 0 unspecified atom stereocenters. The Balaban J connectivity index is 1.88. The van der Waals surface area contributed by atoms with Gasteiger partial charge in [0.25, 0.3) is 5.91 Å². The molecule has 0 saturated heterocycles. The van der Waals surface area contributed by atoms with Crippen molar-refractivity contribution in [2.24, 2.45) is 0 Å². The Morgan fingerprint density at radius 3 is 2.55 bits per heavy atom. The topological polar surface area (TPSA) is 65.1 Å². The Morgan fingerprint density at radius 2 is 1.90 bits per heavy atom. The Morgan fingerprint density at radius 1 is 1.20 bits per heavy atom. The lowest BCUT2D eigenvalue weighted by Gasteiger charge is -2.06. The lowest BCUT2D eigenvalue weighted by molar-refractivity contribution is 0.0953. The number of aromatic nitrogens is 1. The molecule has 2 rings (SSSR count). The van der Waals surface area contributed by atoms with Crippen LogP contribution in [0.25, 0.3) is 0 Å². The van der Waals surface area contributed by atoms with Crippen LogP contribution in [0.2, 0.25) is 0 Å². The molecule has 0 fully saturated rings. The third-order valence-electron chi connectivity index (χ3n) is 2.97. The van der Waals surface area contributed by atoms with Crippen molar-refractivity contribution in [2.45, 2.75) is 13.0 Å². The van der Waals surface area contributed by atoms with Gasteiger partial charge in [-0.05, 0) is 29.7 Å². The first-order chi connectivity index (χ1) is 9.70. The molecule has 4 nitrogen and oxygen atoms in total. The van der Waals surface area contributed by atoms with Gasteiger partial charge in [0.2, 0.25) is 0 Å². The van der Waals surface area contributed by atoms with Crippen LogP contribution in [0.4, 0.5) is 0 Å². The van der Waals surface area contributed by atoms with Crippen LogP contribution in [-0.2, 0) is 13.0 Å². The predicted molar refractivity (Wildman–Crippen MR) is 80.0 cm³/mol. The van der Waals surface area contributed by atoms with E-state index in [-0.39, 0.29) is 12.5 Å². The van der Waals surface area contributed by atoms with Crippen molar-refractivity contribution in [3.8, 4) is 0 Å². The molecule has 20 heavy (non-hydrogen) atoms. The fourth-order valence-corrected chi connectivity index (χ4v) is 2.06. The number of hydrogen-bond acceptors (Lipinski definition) is 3. The number of H-pyrrole nitrogens is 1. The van der Waals surface area contributed by atoms with Crippen LogP contribution < -0.4 is 5.32 Å². The van der Waals surface area contributed by atoms with Crippen molar-refractivity contribution in [1.82, 2.24) is 10.3 Å². The lowest BCUT2D eigenvalue weighted by atomic mass is 10.1. The van der Waals surface area contributed by atoms with Gasteiger partial charge in [0.15, 0.2) is 0 Å². The molecule has 1 aromatic carbocycles. The Bertz CT molecular complexity index is 635. The van der Waals surface area contributed by atoms with Crippen molar-refractivity contribution in [3.63, 3.8) is 0 Å². The molecule has 1 heterocycles. The van der Waals surface area contributed by atoms with Gasteiger partial charge in [0.05, 0.1) is 12.2 Å². The van der Waals surface area contributed by atoms with Gasteiger partial charge in [-0.2, -0.15) is 0 Å². The van der Waals surface area contributed by atoms with Gasteiger partial charge in [-0.1, -0.05) is 36.5 Å². The van der Waals surface area contributed by atoms with Gasteiger partial charge in [-0.15, -0.1) is 0 Å². The highest BCUT2D eigenvalue weighted by molar-refractivity contribution is 7.71. The number of pyridine rings is 1. The highest BCUT2D eigenvalue weighted by Gasteiger charge is 2.06. The Kier molecular flexibility index (Phi) is 5.03. The number of aromatic amines is 1. The fourth-order valence-electron chi connectivity index (χ4n) is 1.83. The van der Waals surface area contributed by atoms with Crippen LogP contribution in [0.5, 0.6) is 0 Å². The molecule has 104 valence electrons. The van der Waals surface area contributed by atoms with Gasteiger partial charge in [0.1, 0.15) is 4.64 Å². The summed E-state index contributed by atoms with van der Waals surface area (Å²) in [5.74, 6) is -0.168. The van der Waals surface area contributed by atoms with Gasteiger partial charge in [0, 0.05) is 12.7 Å². The zero-order valence-electron chi connectivity index (χ0n) is 10.9. The molecule has 0 saturated carbocycles. The largest absolute Gasteiger partial charge is 0.392 e.